The van der Waals surface area contributed by atoms with Crippen molar-refractivity contribution >= 4 is 57.4 Å². The van der Waals surface area contributed by atoms with Crippen LogP contribution in [0.5, 0.6) is 0 Å². The third-order valence-electron chi connectivity index (χ3n) is 2.62. The van der Waals surface area contributed by atoms with Crippen LogP contribution < -0.4 is 5.32 Å². The highest BCUT2D eigenvalue weighted by atomic mass is 127. The van der Waals surface area contributed by atoms with Crippen molar-refractivity contribution in [3.63, 3.8) is 0 Å². The van der Waals surface area contributed by atoms with Crippen molar-refractivity contribution in [3.8, 4) is 0 Å². The normalized spacial score (nSPS) is 10.3. The second kappa shape index (κ2) is 6.11. The van der Waals surface area contributed by atoms with Crippen LogP contribution in [0.2, 0.25) is 10.0 Å². The average Bonchev–Trinajstić information content (AvgIpc) is 2.35. The van der Waals surface area contributed by atoms with Crippen LogP contribution in [0.3, 0.4) is 0 Å². The van der Waals surface area contributed by atoms with Gasteiger partial charge in [-0.25, -0.2) is 0 Å². The van der Waals surface area contributed by atoms with E-state index in [9.17, 15) is 4.79 Å². The summed E-state index contributed by atoms with van der Waals surface area (Å²) in [4.78, 5) is 12.2. The molecule has 2 rings (SSSR count). The van der Waals surface area contributed by atoms with Gasteiger partial charge in [0, 0.05) is 14.2 Å². The molecule has 0 heterocycles. The lowest BCUT2D eigenvalue weighted by Gasteiger charge is -2.09. The van der Waals surface area contributed by atoms with Crippen molar-refractivity contribution in [2.24, 2.45) is 0 Å². The second-order valence-corrected chi connectivity index (χ2v) is 6.13. The molecular weight excluding hydrogens is 396 g/mol. The van der Waals surface area contributed by atoms with Gasteiger partial charge in [0.05, 0.1) is 10.7 Å². The van der Waals surface area contributed by atoms with Gasteiger partial charge in [0.1, 0.15) is 0 Å². The quantitative estimate of drug-likeness (QED) is 0.687. The van der Waals surface area contributed by atoms with E-state index in [1.165, 1.54) is 0 Å². The maximum Gasteiger partial charge on any atom is 0.256 e. The molecule has 0 atom stereocenters. The van der Waals surface area contributed by atoms with Gasteiger partial charge in [0.15, 0.2) is 0 Å². The predicted octanol–water partition coefficient (Wildman–Crippen LogP) is 5.16. The Bertz CT molecular complexity index is 643. The van der Waals surface area contributed by atoms with Gasteiger partial charge >= 0.3 is 0 Å². The van der Waals surface area contributed by atoms with Crippen molar-refractivity contribution in [2.75, 3.05) is 5.32 Å². The van der Waals surface area contributed by atoms with Gasteiger partial charge in [-0.3, -0.25) is 4.79 Å². The highest BCUT2D eigenvalue weighted by Crippen LogP contribution is 2.25. The van der Waals surface area contributed by atoms with Crippen molar-refractivity contribution < 1.29 is 4.79 Å². The number of rotatable bonds is 2. The number of hydrogen-bond acceptors (Lipinski definition) is 1. The molecule has 0 saturated carbocycles. The zero-order chi connectivity index (χ0) is 14.0. The SMILES string of the molecule is Cc1ccc(Cl)cc1C(=O)Nc1ccc(I)cc1Cl. The van der Waals surface area contributed by atoms with Crippen molar-refractivity contribution in [1.82, 2.24) is 0 Å². The average molecular weight is 406 g/mol. The van der Waals surface area contributed by atoms with Crippen molar-refractivity contribution in [2.45, 2.75) is 6.92 Å². The highest BCUT2D eigenvalue weighted by molar-refractivity contribution is 14.1. The fraction of sp³-hybridized carbons (Fsp3) is 0.0714. The second-order valence-electron chi connectivity index (χ2n) is 4.04. The summed E-state index contributed by atoms with van der Waals surface area (Å²) < 4.78 is 1.01. The first kappa shape index (κ1) is 14.6. The van der Waals surface area contributed by atoms with Gasteiger partial charge in [-0.05, 0) is 65.4 Å². The number of halogens is 3. The molecule has 0 aliphatic heterocycles. The van der Waals surface area contributed by atoms with E-state index in [0.717, 1.165) is 9.13 Å². The number of carbonyl (C=O) groups excluding carboxylic acids is 1. The van der Waals surface area contributed by atoms with Gasteiger partial charge in [-0.2, -0.15) is 0 Å². The lowest BCUT2D eigenvalue weighted by molar-refractivity contribution is 0.102. The zero-order valence-corrected chi connectivity index (χ0v) is 13.7. The monoisotopic (exact) mass is 405 g/mol. The molecule has 2 aromatic rings. The highest BCUT2D eigenvalue weighted by Gasteiger charge is 2.11. The van der Waals surface area contributed by atoms with Gasteiger partial charge in [0.25, 0.3) is 5.91 Å². The summed E-state index contributed by atoms with van der Waals surface area (Å²) in [6.45, 7) is 1.86. The van der Waals surface area contributed by atoms with E-state index in [1.54, 1.807) is 24.3 Å². The van der Waals surface area contributed by atoms with E-state index in [1.807, 2.05) is 19.1 Å². The number of anilines is 1. The number of hydrogen-bond donors (Lipinski definition) is 1. The fourth-order valence-corrected chi connectivity index (χ4v) is 2.69. The van der Waals surface area contributed by atoms with E-state index >= 15 is 0 Å². The van der Waals surface area contributed by atoms with E-state index < -0.39 is 0 Å². The van der Waals surface area contributed by atoms with Crippen LogP contribution >= 0.6 is 45.8 Å². The lowest BCUT2D eigenvalue weighted by Crippen LogP contribution is -2.13. The van der Waals surface area contributed by atoms with Gasteiger partial charge < -0.3 is 5.32 Å². The van der Waals surface area contributed by atoms with E-state index in [2.05, 4.69) is 27.9 Å². The molecule has 19 heavy (non-hydrogen) atoms. The minimum absolute atomic E-state index is 0.219. The van der Waals surface area contributed by atoms with Crippen LogP contribution in [0.1, 0.15) is 15.9 Å². The Morgan fingerprint density at radius 1 is 1.16 bits per heavy atom. The summed E-state index contributed by atoms with van der Waals surface area (Å²) in [5.41, 5.74) is 2.00. The zero-order valence-electron chi connectivity index (χ0n) is 10.0. The predicted molar refractivity (Wildman–Crippen MR) is 88.3 cm³/mol. The molecule has 1 N–H and O–H groups in total. The Balaban J connectivity index is 2.28. The van der Waals surface area contributed by atoms with Gasteiger partial charge in [-0.15, -0.1) is 0 Å². The minimum Gasteiger partial charge on any atom is -0.321 e. The number of amides is 1. The number of carbonyl (C=O) groups is 1. The van der Waals surface area contributed by atoms with Crippen LogP contribution in [0.25, 0.3) is 0 Å². The standard InChI is InChI=1S/C14H10Cl2INO/c1-8-2-3-9(15)6-11(8)14(19)18-13-5-4-10(17)7-12(13)16/h2-7H,1H3,(H,18,19). The molecule has 0 aliphatic carbocycles. The first-order chi connectivity index (χ1) is 8.97. The Hall–Kier alpha value is -0.780. The van der Waals surface area contributed by atoms with Gasteiger partial charge in [0.2, 0.25) is 0 Å². The third kappa shape index (κ3) is 3.61. The summed E-state index contributed by atoms with van der Waals surface area (Å²) in [7, 11) is 0. The Kier molecular flexibility index (Phi) is 4.71. The first-order valence-corrected chi connectivity index (χ1v) is 7.33. The Labute approximate surface area is 135 Å². The van der Waals surface area contributed by atoms with Crippen LogP contribution in [0.15, 0.2) is 36.4 Å². The molecule has 98 valence electrons. The summed E-state index contributed by atoms with van der Waals surface area (Å²) in [5, 5.41) is 3.83. The molecule has 2 nitrogen and oxygen atoms in total. The number of nitrogens with one attached hydrogen (secondary N) is 1. The summed E-state index contributed by atoms with van der Waals surface area (Å²) in [6.07, 6.45) is 0. The van der Waals surface area contributed by atoms with Crippen LogP contribution in [-0.4, -0.2) is 5.91 Å². The molecular formula is C14H10Cl2INO. The smallest absolute Gasteiger partial charge is 0.256 e. The molecule has 2 aromatic carbocycles. The van der Waals surface area contributed by atoms with Crippen LogP contribution in [-0.2, 0) is 0 Å². The topological polar surface area (TPSA) is 29.1 Å². The summed E-state index contributed by atoms with van der Waals surface area (Å²) in [5.74, 6) is -0.219. The Morgan fingerprint density at radius 2 is 1.89 bits per heavy atom. The molecule has 0 radical (unpaired) electrons. The number of aryl methyl sites for hydroxylation is 1. The molecule has 1 amide bonds. The molecule has 0 saturated heterocycles. The molecule has 0 aromatic heterocycles. The summed E-state index contributed by atoms with van der Waals surface area (Å²) >= 11 is 14.2. The maximum absolute atomic E-state index is 12.2. The third-order valence-corrected chi connectivity index (χ3v) is 3.84. The summed E-state index contributed by atoms with van der Waals surface area (Å²) in [6, 6.07) is 10.7. The number of benzene rings is 2. The molecule has 0 aliphatic rings. The first-order valence-electron chi connectivity index (χ1n) is 5.50. The molecule has 0 fully saturated rings. The Morgan fingerprint density at radius 3 is 2.58 bits per heavy atom. The van der Waals surface area contributed by atoms with E-state index in [4.69, 9.17) is 23.2 Å². The molecule has 5 heteroatoms. The maximum atomic E-state index is 12.2. The van der Waals surface area contributed by atoms with Crippen LogP contribution in [0, 0.1) is 10.5 Å². The lowest BCUT2D eigenvalue weighted by atomic mass is 10.1. The van der Waals surface area contributed by atoms with E-state index in [0.29, 0.717) is 21.3 Å². The van der Waals surface area contributed by atoms with Crippen molar-refractivity contribution in [3.05, 3.63) is 61.1 Å². The van der Waals surface area contributed by atoms with Gasteiger partial charge in [-0.1, -0.05) is 29.3 Å². The van der Waals surface area contributed by atoms with E-state index in [-0.39, 0.29) is 5.91 Å². The molecule has 0 unspecified atom stereocenters. The minimum atomic E-state index is -0.219. The van der Waals surface area contributed by atoms with Crippen molar-refractivity contribution in [1.29, 1.82) is 0 Å². The van der Waals surface area contributed by atoms with Crippen LogP contribution in [0.4, 0.5) is 5.69 Å². The molecule has 0 spiro atoms. The largest absolute Gasteiger partial charge is 0.321 e. The fourth-order valence-electron chi connectivity index (χ4n) is 1.62. The molecule has 0 bridgehead atoms.